The van der Waals surface area contributed by atoms with E-state index in [4.69, 9.17) is 12.2 Å². The van der Waals surface area contributed by atoms with Gasteiger partial charge >= 0.3 is 6.18 Å². The predicted molar refractivity (Wildman–Crippen MR) is 48.0 cm³/mol. The molecule has 3 nitrogen and oxygen atoms in total. The summed E-state index contributed by atoms with van der Waals surface area (Å²) in [6, 6.07) is 2.23. The highest BCUT2D eigenvalue weighted by atomic mass is 32.1. The van der Waals surface area contributed by atoms with Crippen molar-refractivity contribution in [2.24, 2.45) is 7.05 Å². The van der Waals surface area contributed by atoms with E-state index in [1.165, 1.54) is 14.0 Å². The maximum atomic E-state index is 12.4. The Morgan fingerprint density at radius 2 is 2.07 bits per heavy atom. The van der Waals surface area contributed by atoms with Crippen LogP contribution in [0, 0.1) is 16.7 Å². The van der Waals surface area contributed by atoms with Crippen molar-refractivity contribution >= 4 is 12.2 Å². The molecule has 1 aromatic heterocycles. The molecule has 0 saturated carbocycles. The van der Waals surface area contributed by atoms with Crippen LogP contribution < -0.4 is 0 Å². The number of halogens is 3. The average Bonchev–Trinajstić information content (AvgIpc) is 2.32. The largest absolute Gasteiger partial charge is 0.452 e. The zero-order valence-corrected chi connectivity index (χ0v) is 8.20. The molecule has 0 bridgehead atoms. The van der Waals surface area contributed by atoms with Crippen molar-refractivity contribution in [3.63, 3.8) is 0 Å². The summed E-state index contributed by atoms with van der Waals surface area (Å²) >= 11 is 4.71. The molecule has 14 heavy (non-hydrogen) atoms. The highest BCUT2D eigenvalue weighted by Crippen LogP contribution is 2.27. The Balaban J connectivity index is 0.00000196. The first-order chi connectivity index (χ1) is 6.38. The van der Waals surface area contributed by atoms with Gasteiger partial charge in [-0.25, -0.2) is 9.25 Å². The second-order valence-corrected chi connectivity index (χ2v) is 2.79. The highest BCUT2D eigenvalue weighted by Gasteiger charge is 2.37. The SMILES string of the molecule is CC#Cn1c(C(F)(F)F)nn(C)c1=S.[HH]. The molecule has 0 N–H and O–H groups in total. The van der Waals surface area contributed by atoms with E-state index in [9.17, 15) is 13.2 Å². The lowest BCUT2D eigenvalue weighted by Gasteiger charge is -2.02. The number of hydrogen-bond donors (Lipinski definition) is 0. The number of hydrogen-bond acceptors (Lipinski definition) is 2. The van der Waals surface area contributed by atoms with Gasteiger partial charge in [-0.2, -0.15) is 13.2 Å². The Morgan fingerprint density at radius 3 is 2.50 bits per heavy atom. The molecular formula is C7H8F3N3S. The van der Waals surface area contributed by atoms with E-state index in [1.54, 1.807) is 0 Å². The average molecular weight is 223 g/mol. The van der Waals surface area contributed by atoms with Crippen LogP contribution in [0.2, 0.25) is 0 Å². The van der Waals surface area contributed by atoms with Crippen molar-refractivity contribution in [3.05, 3.63) is 10.6 Å². The summed E-state index contributed by atoms with van der Waals surface area (Å²) in [5, 5.41) is 3.25. The van der Waals surface area contributed by atoms with Gasteiger partial charge in [0.2, 0.25) is 10.6 Å². The molecule has 0 amide bonds. The Labute approximate surface area is 84.6 Å². The van der Waals surface area contributed by atoms with Crippen LogP contribution in [0.3, 0.4) is 0 Å². The maximum Gasteiger partial charge on any atom is 0.452 e. The third kappa shape index (κ3) is 1.80. The molecule has 1 aromatic rings. The molecule has 7 heteroatoms. The smallest absolute Gasteiger partial charge is 0.240 e. The normalized spacial score (nSPS) is 10.9. The Bertz CT molecular complexity index is 463. The van der Waals surface area contributed by atoms with Crippen LogP contribution in [-0.2, 0) is 13.2 Å². The van der Waals surface area contributed by atoms with Crippen LogP contribution in [0.15, 0.2) is 0 Å². The Hall–Kier alpha value is -1.29. The summed E-state index contributed by atoms with van der Waals surface area (Å²) < 4.78 is 38.6. The lowest BCUT2D eigenvalue weighted by atomic mass is 10.6. The van der Waals surface area contributed by atoms with Crippen LogP contribution in [0.4, 0.5) is 13.2 Å². The van der Waals surface area contributed by atoms with Gasteiger partial charge in [0, 0.05) is 14.5 Å². The zero-order chi connectivity index (χ0) is 10.9. The van der Waals surface area contributed by atoms with Crippen LogP contribution in [-0.4, -0.2) is 14.3 Å². The number of nitrogens with zero attached hydrogens (tertiary/aromatic N) is 3. The zero-order valence-electron chi connectivity index (χ0n) is 7.38. The third-order valence-electron chi connectivity index (χ3n) is 1.40. The fourth-order valence-corrected chi connectivity index (χ4v) is 1.03. The second-order valence-electron chi connectivity index (χ2n) is 2.42. The van der Waals surface area contributed by atoms with E-state index in [1.807, 2.05) is 0 Å². The Kier molecular flexibility index (Phi) is 2.66. The molecular weight excluding hydrogens is 215 g/mol. The van der Waals surface area contributed by atoms with Gasteiger partial charge in [-0.1, -0.05) is 5.92 Å². The topological polar surface area (TPSA) is 22.8 Å². The minimum atomic E-state index is -4.54. The minimum Gasteiger partial charge on any atom is -0.240 e. The molecule has 0 atom stereocenters. The van der Waals surface area contributed by atoms with E-state index in [2.05, 4.69) is 17.1 Å². The predicted octanol–water partition coefficient (Wildman–Crippen LogP) is 2.04. The number of aryl methyl sites for hydroxylation is 1. The van der Waals surface area contributed by atoms with Crippen molar-refractivity contribution in [2.75, 3.05) is 0 Å². The Morgan fingerprint density at radius 1 is 1.50 bits per heavy atom. The quantitative estimate of drug-likeness (QED) is 0.496. The molecule has 1 heterocycles. The summed E-state index contributed by atoms with van der Waals surface area (Å²) in [5.41, 5.74) is 0. The molecule has 1 rings (SSSR count). The van der Waals surface area contributed by atoms with Crippen molar-refractivity contribution in [2.45, 2.75) is 13.1 Å². The summed E-state index contributed by atoms with van der Waals surface area (Å²) in [4.78, 5) is 0. The van der Waals surface area contributed by atoms with Crippen molar-refractivity contribution in [1.29, 1.82) is 0 Å². The molecule has 0 spiro atoms. The highest BCUT2D eigenvalue weighted by molar-refractivity contribution is 7.71. The molecule has 0 fully saturated rings. The fraction of sp³-hybridized carbons (Fsp3) is 0.429. The van der Waals surface area contributed by atoms with Gasteiger partial charge in [0.05, 0.1) is 0 Å². The number of aromatic nitrogens is 3. The summed E-state index contributed by atoms with van der Waals surface area (Å²) in [7, 11) is 1.34. The van der Waals surface area contributed by atoms with Gasteiger partial charge < -0.3 is 0 Å². The molecule has 78 valence electrons. The van der Waals surface area contributed by atoms with Crippen LogP contribution in [0.1, 0.15) is 14.2 Å². The van der Waals surface area contributed by atoms with E-state index < -0.39 is 12.0 Å². The van der Waals surface area contributed by atoms with Crippen LogP contribution in [0.5, 0.6) is 0 Å². The summed E-state index contributed by atoms with van der Waals surface area (Å²) in [6.07, 6.45) is -4.54. The van der Waals surface area contributed by atoms with E-state index >= 15 is 0 Å². The van der Waals surface area contributed by atoms with Crippen molar-refractivity contribution < 1.29 is 14.6 Å². The molecule has 0 radical (unpaired) electrons. The molecule has 0 aliphatic rings. The van der Waals surface area contributed by atoms with Gasteiger partial charge in [-0.3, -0.25) is 0 Å². The van der Waals surface area contributed by atoms with Gasteiger partial charge in [0.15, 0.2) is 0 Å². The van der Waals surface area contributed by atoms with Crippen LogP contribution >= 0.6 is 12.2 Å². The van der Waals surface area contributed by atoms with Gasteiger partial charge in [-0.05, 0) is 19.1 Å². The summed E-state index contributed by atoms with van der Waals surface area (Å²) in [6.45, 7) is 1.43. The molecule has 0 aromatic carbocycles. The maximum absolute atomic E-state index is 12.4. The van der Waals surface area contributed by atoms with Crippen molar-refractivity contribution in [3.8, 4) is 12.0 Å². The van der Waals surface area contributed by atoms with E-state index in [0.29, 0.717) is 4.57 Å². The third-order valence-corrected chi connectivity index (χ3v) is 1.85. The van der Waals surface area contributed by atoms with Gasteiger partial charge in [0.25, 0.3) is 0 Å². The van der Waals surface area contributed by atoms with Crippen LogP contribution in [0.25, 0.3) is 0 Å². The number of rotatable bonds is 0. The van der Waals surface area contributed by atoms with E-state index in [0.717, 1.165) is 4.68 Å². The minimum absolute atomic E-state index is 0. The van der Waals surface area contributed by atoms with Gasteiger partial charge in [0.1, 0.15) is 0 Å². The molecule has 0 saturated heterocycles. The fourth-order valence-electron chi connectivity index (χ4n) is 0.861. The van der Waals surface area contributed by atoms with E-state index in [-0.39, 0.29) is 6.20 Å². The molecule has 0 unspecified atom stereocenters. The standard InChI is InChI=1S/C7H6F3N3S.H2/c1-3-4-13-5(7(8,9)10)11-12(2)6(13)14;/h1-2H3;1H. The second kappa shape index (κ2) is 3.46. The first-order valence-electron chi connectivity index (χ1n) is 3.54. The molecule has 0 aliphatic carbocycles. The number of alkyl halides is 3. The van der Waals surface area contributed by atoms with Gasteiger partial charge in [-0.15, -0.1) is 5.10 Å². The molecule has 0 aliphatic heterocycles. The first-order valence-corrected chi connectivity index (χ1v) is 3.94. The monoisotopic (exact) mass is 223 g/mol. The van der Waals surface area contributed by atoms with Crippen molar-refractivity contribution in [1.82, 2.24) is 14.3 Å². The summed E-state index contributed by atoms with van der Waals surface area (Å²) in [5.74, 6) is 1.25. The lowest BCUT2D eigenvalue weighted by Crippen LogP contribution is -2.12. The lowest BCUT2D eigenvalue weighted by molar-refractivity contribution is -0.146. The first kappa shape index (κ1) is 10.8.